The van der Waals surface area contributed by atoms with Crippen LogP contribution < -0.4 is 9.47 Å². The monoisotopic (exact) mass is 596 g/mol. The van der Waals surface area contributed by atoms with Gasteiger partial charge in [-0.05, 0) is 37.1 Å². The molecule has 0 saturated carbocycles. The van der Waals surface area contributed by atoms with E-state index in [9.17, 15) is 19.2 Å². The number of aromatic nitrogens is 4. The molecule has 0 aliphatic rings. The second-order valence-corrected chi connectivity index (χ2v) is 11.2. The van der Waals surface area contributed by atoms with E-state index in [1.807, 2.05) is 0 Å². The highest BCUT2D eigenvalue weighted by Crippen LogP contribution is 2.27. The molecule has 0 amide bonds. The number of imidazole rings is 2. The maximum absolute atomic E-state index is 13.0. The van der Waals surface area contributed by atoms with Crippen molar-refractivity contribution >= 4 is 67.6 Å². The number of hydrogen-bond acceptors (Lipinski definition) is 10. The van der Waals surface area contributed by atoms with E-state index in [2.05, 4.69) is 9.97 Å². The van der Waals surface area contributed by atoms with Crippen LogP contribution in [0.1, 0.15) is 76.8 Å². The average molecular weight is 597 g/mol. The minimum absolute atomic E-state index is 0.119. The summed E-state index contributed by atoms with van der Waals surface area (Å²) in [6.45, 7) is 3.49. The number of carbonyl (C=O) groups excluding carboxylic acids is 4. The van der Waals surface area contributed by atoms with Gasteiger partial charge >= 0.3 is 0 Å². The van der Waals surface area contributed by atoms with Gasteiger partial charge in [-0.25, -0.2) is 9.97 Å². The Morgan fingerprint density at radius 1 is 0.683 bits per heavy atom. The fraction of sp³-hybridized carbons (Fsp3) is 0.379. The van der Waals surface area contributed by atoms with E-state index in [0.29, 0.717) is 45.1 Å². The molecule has 0 unspecified atom stereocenters. The van der Waals surface area contributed by atoms with Crippen molar-refractivity contribution in [3.63, 3.8) is 0 Å². The van der Waals surface area contributed by atoms with E-state index in [1.54, 1.807) is 64.5 Å². The quantitative estimate of drug-likeness (QED) is 0.177. The van der Waals surface area contributed by atoms with Crippen LogP contribution in [-0.4, -0.2) is 66.9 Å². The molecule has 0 bridgehead atoms. The first-order valence-electron chi connectivity index (χ1n) is 13.4. The summed E-state index contributed by atoms with van der Waals surface area (Å²) in [6, 6.07) is 10.4. The fourth-order valence-corrected chi connectivity index (χ4v) is 5.90. The van der Waals surface area contributed by atoms with Crippen LogP contribution in [0.4, 0.5) is 0 Å². The third-order valence-electron chi connectivity index (χ3n) is 6.45. The summed E-state index contributed by atoms with van der Waals surface area (Å²) in [6.07, 6.45) is 2.81. The van der Waals surface area contributed by atoms with Gasteiger partial charge in [-0.15, -0.1) is 0 Å². The van der Waals surface area contributed by atoms with E-state index >= 15 is 0 Å². The molecular formula is C29H32N4O6S2. The van der Waals surface area contributed by atoms with Crippen LogP contribution in [0.15, 0.2) is 36.4 Å². The van der Waals surface area contributed by atoms with Crippen molar-refractivity contribution in [2.24, 2.45) is 0 Å². The molecule has 10 nitrogen and oxygen atoms in total. The van der Waals surface area contributed by atoms with E-state index in [-0.39, 0.29) is 46.5 Å². The molecule has 4 rings (SSSR count). The number of rotatable bonds is 12. The first-order valence-corrected chi connectivity index (χ1v) is 15.3. The molecular weight excluding hydrogens is 564 g/mol. The van der Waals surface area contributed by atoms with Crippen LogP contribution in [0.5, 0.6) is 11.5 Å². The molecule has 0 fully saturated rings. The zero-order valence-electron chi connectivity index (χ0n) is 23.5. The number of thioether (sulfide) groups is 2. The largest absolute Gasteiger partial charge is 0.497 e. The van der Waals surface area contributed by atoms with Crippen molar-refractivity contribution in [1.82, 2.24) is 19.1 Å². The normalized spacial score (nSPS) is 11.2. The van der Waals surface area contributed by atoms with Crippen LogP contribution in [-0.2, 0) is 0 Å². The molecule has 0 saturated heterocycles. The van der Waals surface area contributed by atoms with Crippen molar-refractivity contribution in [3.8, 4) is 11.5 Å². The van der Waals surface area contributed by atoms with Gasteiger partial charge in [-0.2, -0.15) is 0 Å². The molecule has 0 aliphatic carbocycles. The third kappa shape index (κ3) is 6.65. The highest BCUT2D eigenvalue weighted by molar-refractivity contribution is 8.14. The van der Waals surface area contributed by atoms with Crippen LogP contribution >= 0.6 is 23.5 Å². The Morgan fingerprint density at radius 2 is 1.20 bits per heavy atom. The van der Waals surface area contributed by atoms with Gasteiger partial charge in [0.2, 0.25) is 11.8 Å². The number of hydrogen-bond donors (Lipinski definition) is 0. The van der Waals surface area contributed by atoms with E-state index in [0.717, 1.165) is 42.8 Å². The molecule has 2 aromatic carbocycles. The number of unbranched alkanes of at least 4 members (excludes halogenated alkanes) is 2. The Labute approximate surface area is 246 Å². The van der Waals surface area contributed by atoms with E-state index in [1.165, 1.54) is 9.13 Å². The molecule has 0 radical (unpaired) electrons. The van der Waals surface area contributed by atoms with Gasteiger partial charge in [0.25, 0.3) is 10.2 Å². The molecule has 41 heavy (non-hydrogen) atoms. The molecule has 216 valence electrons. The van der Waals surface area contributed by atoms with Crippen LogP contribution in [0.2, 0.25) is 0 Å². The second kappa shape index (κ2) is 13.8. The van der Waals surface area contributed by atoms with Crippen LogP contribution in [0.25, 0.3) is 22.1 Å². The van der Waals surface area contributed by atoms with Gasteiger partial charge in [-0.3, -0.25) is 28.3 Å². The van der Waals surface area contributed by atoms with Gasteiger partial charge in [-0.1, -0.05) is 43.8 Å². The summed E-state index contributed by atoms with van der Waals surface area (Å²) in [7, 11) is 3.09. The van der Waals surface area contributed by atoms with Crippen LogP contribution in [0, 0.1) is 0 Å². The Morgan fingerprint density at radius 3 is 1.76 bits per heavy atom. The number of benzene rings is 2. The Bertz CT molecular complexity index is 1590. The summed E-state index contributed by atoms with van der Waals surface area (Å²) in [4.78, 5) is 60.0. The Kier molecular flexibility index (Phi) is 10.2. The molecule has 0 atom stereocenters. The minimum atomic E-state index is -0.261. The zero-order valence-corrected chi connectivity index (χ0v) is 25.1. The molecule has 0 spiro atoms. The van der Waals surface area contributed by atoms with Gasteiger partial charge in [0.05, 0.1) is 36.3 Å². The lowest BCUT2D eigenvalue weighted by molar-refractivity contribution is 0.0894. The summed E-state index contributed by atoms with van der Waals surface area (Å²) in [5.41, 5.74) is 2.23. The zero-order chi connectivity index (χ0) is 29.5. The van der Waals surface area contributed by atoms with Gasteiger partial charge in [0.1, 0.15) is 11.5 Å². The highest BCUT2D eigenvalue weighted by Gasteiger charge is 2.23. The van der Waals surface area contributed by atoms with Crippen molar-refractivity contribution in [2.45, 2.75) is 46.0 Å². The maximum Gasteiger partial charge on any atom is 0.255 e. The topological polar surface area (TPSA) is 122 Å². The average Bonchev–Trinajstić information content (AvgIpc) is 3.57. The first kappa shape index (κ1) is 30.3. The first-order chi connectivity index (χ1) is 19.8. The number of nitrogens with zero attached hydrogens (tertiary/aromatic N) is 4. The van der Waals surface area contributed by atoms with Crippen molar-refractivity contribution in [3.05, 3.63) is 48.0 Å². The summed E-state index contributed by atoms with van der Waals surface area (Å²) in [5, 5.41) is -0.523. The molecule has 0 N–H and O–H groups in total. The molecule has 0 aliphatic heterocycles. The number of fused-ring (bicyclic) bond motifs is 2. The molecule has 12 heteroatoms. The maximum atomic E-state index is 13.0. The predicted octanol–water partition coefficient (Wildman–Crippen LogP) is 6.12. The number of methoxy groups -OCH3 is 2. The van der Waals surface area contributed by atoms with Crippen molar-refractivity contribution in [2.75, 3.05) is 25.7 Å². The predicted molar refractivity (Wildman–Crippen MR) is 162 cm³/mol. The molecule has 4 aromatic rings. The lowest BCUT2D eigenvalue weighted by Gasteiger charge is -2.07. The third-order valence-corrected chi connectivity index (χ3v) is 8.32. The smallest absolute Gasteiger partial charge is 0.255 e. The van der Waals surface area contributed by atoms with Crippen molar-refractivity contribution in [1.29, 1.82) is 0 Å². The minimum Gasteiger partial charge on any atom is -0.497 e. The Balaban J connectivity index is 1.30. The van der Waals surface area contributed by atoms with Crippen molar-refractivity contribution < 1.29 is 28.7 Å². The molecule has 2 aromatic heterocycles. The number of ether oxygens (including phenoxy) is 2. The van der Waals surface area contributed by atoms with Gasteiger partial charge in [0.15, 0.2) is 11.6 Å². The van der Waals surface area contributed by atoms with E-state index in [4.69, 9.17) is 9.47 Å². The standard InChI is InChI=1S/C29H32N4O6S2/c1-5-24(34)32-22-13-11-18(38-3)16-21(22)31-27(32)29(37)41-15-9-7-8-14-40-28(36)26-30-20-12-10-19(39-4)17-23(20)33(26)25(35)6-2/h10-13,16-17H,5-9,14-15H2,1-4H3. The highest BCUT2D eigenvalue weighted by atomic mass is 32.2. The van der Waals surface area contributed by atoms with Gasteiger partial charge < -0.3 is 9.47 Å². The Hall–Kier alpha value is -3.64. The summed E-state index contributed by atoms with van der Waals surface area (Å²) >= 11 is 2.26. The lowest BCUT2D eigenvalue weighted by Crippen LogP contribution is -2.16. The van der Waals surface area contributed by atoms with Crippen LogP contribution in [0.3, 0.4) is 0 Å². The summed E-state index contributed by atoms with van der Waals surface area (Å²) < 4.78 is 13.3. The SMILES string of the molecule is CCC(=O)n1c(C(=O)SCCCCCSC(=O)c2nc3ccc(OC)cc3n2C(=O)CC)nc2cc(OC)ccc21. The lowest BCUT2D eigenvalue weighted by atomic mass is 10.3. The molecule has 2 heterocycles. The van der Waals surface area contributed by atoms with E-state index < -0.39 is 0 Å². The van der Waals surface area contributed by atoms with Gasteiger partial charge in [0, 0.05) is 36.5 Å². The summed E-state index contributed by atoms with van der Waals surface area (Å²) in [5.74, 6) is 2.14. The second-order valence-electron chi connectivity index (χ2n) is 9.08. The number of carbonyl (C=O) groups is 4. The fourth-order valence-electron chi connectivity index (χ4n) is 4.30.